The fourth-order valence-electron chi connectivity index (χ4n) is 2.79. The molecular formula is C13H24N4O2S2. The number of anilines is 1. The highest BCUT2D eigenvalue weighted by atomic mass is 32.2. The van der Waals surface area contributed by atoms with Gasteiger partial charge in [0, 0.05) is 43.0 Å². The molecule has 21 heavy (non-hydrogen) atoms. The van der Waals surface area contributed by atoms with E-state index in [2.05, 4.69) is 5.10 Å². The Morgan fingerprint density at radius 1 is 1.52 bits per heavy atom. The Kier molecular flexibility index (Phi) is 4.89. The van der Waals surface area contributed by atoms with Crippen LogP contribution < -0.4 is 10.6 Å². The molecule has 2 N–H and O–H groups in total. The van der Waals surface area contributed by atoms with Crippen molar-refractivity contribution in [2.75, 3.05) is 29.2 Å². The highest BCUT2D eigenvalue weighted by Gasteiger charge is 2.34. The Bertz CT molecular complexity index is 610. The topological polar surface area (TPSA) is 81.2 Å². The Balaban J connectivity index is 2.48. The second kappa shape index (κ2) is 6.18. The molecule has 0 aliphatic carbocycles. The van der Waals surface area contributed by atoms with Crippen LogP contribution in [0.2, 0.25) is 0 Å². The van der Waals surface area contributed by atoms with Crippen molar-refractivity contribution in [2.24, 2.45) is 12.8 Å². The van der Waals surface area contributed by atoms with E-state index in [0.717, 1.165) is 22.8 Å². The highest BCUT2D eigenvalue weighted by molar-refractivity contribution is 8.01. The summed E-state index contributed by atoms with van der Waals surface area (Å²) in [5, 5.41) is 3.99. The second-order valence-corrected chi connectivity index (χ2v) is 9.10. The van der Waals surface area contributed by atoms with Crippen LogP contribution in [-0.2, 0) is 23.3 Å². The van der Waals surface area contributed by atoms with Gasteiger partial charge in [-0.05, 0) is 20.3 Å². The van der Waals surface area contributed by atoms with E-state index in [9.17, 15) is 8.42 Å². The molecule has 0 spiro atoms. The molecule has 0 bridgehead atoms. The minimum Gasteiger partial charge on any atom is -0.338 e. The molecule has 1 aliphatic heterocycles. The van der Waals surface area contributed by atoms with Crippen LogP contribution in [-0.4, -0.2) is 53.9 Å². The van der Waals surface area contributed by atoms with E-state index in [1.165, 1.54) is 6.26 Å². The molecule has 2 rings (SSSR count). The smallest absolute Gasteiger partial charge is 0.169 e. The number of rotatable bonds is 4. The lowest BCUT2D eigenvalue weighted by molar-refractivity contribution is 0.580. The molecule has 8 heteroatoms. The lowest BCUT2D eigenvalue weighted by Crippen LogP contribution is -2.48. The zero-order valence-electron chi connectivity index (χ0n) is 13.0. The van der Waals surface area contributed by atoms with Gasteiger partial charge in [-0.3, -0.25) is 4.68 Å². The highest BCUT2D eigenvalue weighted by Crippen LogP contribution is 2.31. The molecule has 2 heterocycles. The zero-order chi connectivity index (χ0) is 15.8. The first kappa shape index (κ1) is 16.6. The average molecular weight is 332 g/mol. The van der Waals surface area contributed by atoms with Gasteiger partial charge in [-0.15, -0.1) is 0 Å². The van der Waals surface area contributed by atoms with Crippen LogP contribution >= 0.6 is 11.8 Å². The van der Waals surface area contributed by atoms with E-state index in [4.69, 9.17) is 5.73 Å². The lowest BCUT2D eigenvalue weighted by atomic mass is 10.1. The first-order valence-electron chi connectivity index (χ1n) is 7.03. The average Bonchev–Trinajstić information content (AvgIpc) is 2.62. The van der Waals surface area contributed by atoms with Gasteiger partial charge in [0.1, 0.15) is 11.2 Å². The van der Waals surface area contributed by atoms with Gasteiger partial charge >= 0.3 is 0 Å². The molecule has 0 saturated carbocycles. The standard InChI is InChI=1S/C13H24N4O2S2/c1-9(14)7-11-10(2)15-16(3)13(11)17-5-6-20-8-12(17)21(4,18)19/h9,12H,5-8,14H2,1-4H3. The summed E-state index contributed by atoms with van der Waals surface area (Å²) < 4.78 is 26.0. The monoisotopic (exact) mass is 332 g/mol. The van der Waals surface area contributed by atoms with Gasteiger partial charge in [0.25, 0.3) is 0 Å². The SMILES string of the molecule is Cc1nn(C)c(N2CCSCC2S(C)(=O)=O)c1CC(C)N. The molecule has 1 fully saturated rings. The molecule has 1 aliphatic rings. The number of aryl methyl sites for hydroxylation is 2. The van der Waals surface area contributed by atoms with E-state index in [1.807, 2.05) is 25.8 Å². The predicted molar refractivity (Wildman–Crippen MR) is 88.6 cm³/mol. The first-order chi connectivity index (χ1) is 9.71. The van der Waals surface area contributed by atoms with E-state index >= 15 is 0 Å². The number of sulfone groups is 1. The molecular weight excluding hydrogens is 308 g/mol. The third kappa shape index (κ3) is 3.54. The normalized spacial score (nSPS) is 21.6. The Morgan fingerprint density at radius 3 is 2.76 bits per heavy atom. The Hall–Kier alpha value is -0.730. The Morgan fingerprint density at radius 2 is 2.19 bits per heavy atom. The van der Waals surface area contributed by atoms with Crippen LogP contribution in [0.4, 0.5) is 5.82 Å². The van der Waals surface area contributed by atoms with Crippen molar-refractivity contribution in [1.82, 2.24) is 9.78 Å². The maximum Gasteiger partial charge on any atom is 0.169 e. The Labute approximate surface area is 131 Å². The summed E-state index contributed by atoms with van der Waals surface area (Å²) in [6.07, 6.45) is 2.01. The van der Waals surface area contributed by atoms with Crippen molar-refractivity contribution in [3.63, 3.8) is 0 Å². The van der Waals surface area contributed by atoms with Gasteiger partial charge in [-0.1, -0.05) is 0 Å². The van der Waals surface area contributed by atoms with Crippen molar-refractivity contribution in [3.8, 4) is 0 Å². The summed E-state index contributed by atoms with van der Waals surface area (Å²) in [6.45, 7) is 4.62. The van der Waals surface area contributed by atoms with E-state index in [0.29, 0.717) is 18.7 Å². The summed E-state index contributed by atoms with van der Waals surface area (Å²) in [6, 6.07) is 0.0162. The van der Waals surface area contributed by atoms with Crippen LogP contribution in [0.1, 0.15) is 18.2 Å². The van der Waals surface area contributed by atoms with Crippen LogP contribution in [0.15, 0.2) is 0 Å². The van der Waals surface area contributed by atoms with Gasteiger partial charge in [0.15, 0.2) is 9.84 Å². The fraction of sp³-hybridized carbons (Fsp3) is 0.769. The zero-order valence-corrected chi connectivity index (χ0v) is 14.7. The first-order valence-corrected chi connectivity index (χ1v) is 10.1. The maximum absolute atomic E-state index is 12.1. The van der Waals surface area contributed by atoms with Crippen LogP contribution in [0.3, 0.4) is 0 Å². The number of hydrogen-bond donors (Lipinski definition) is 1. The number of nitrogens with two attached hydrogens (primary N) is 1. The minimum atomic E-state index is -3.14. The molecule has 2 unspecified atom stereocenters. The van der Waals surface area contributed by atoms with Gasteiger partial charge in [0.2, 0.25) is 0 Å². The number of hydrogen-bond acceptors (Lipinski definition) is 6. The summed E-state index contributed by atoms with van der Waals surface area (Å²) in [5.74, 6) is 2.43. The summed E-state index contributed by atoms with van der Waals surface area (Å²) >= 11 is 1.69. The van der Waals surface area contributed by atoms with Crippen molar-refractivity contribution >= 4 is 27.4 Å². The largest absolute Gasteiger partial charge is 0.338 e. The van der Waals surface area contributed by atoms with Gasteiger partial charge in [-0.2, -0.15) is 16.9 Å². The third-order valence-electron chi connectivity index (χ3n) is 3.69. The van der Waals surface area contributed by atoms with Crippen molar-refractivity contribution in [3.05, 3.63) is 11.3 Å². The van der Waals surface area contributed by atoms with E-state index < -0.39 is 15.2 Å². The summed E-state index contributed by atoms with van der Waals surface area (Å²) in [7, 11) is -1.27. The van der Waals surface area contributed by atoms with Crippen LogP contribution in [0.5, 0.6) is 0 Å². The van der Waals surface area contributed by atoms with Gasteiger partial charge in [-0.25, -0.2) is 8.42 Å². The van der Waals surface area contributed by atoms with E-state index in [1.54, 1.807) is 16.4 Å². The molecule has 1 aromatic heterocycles. The molecule has 6 nitrogen and oxygen atoms in total. The van der Waals surface area contributed by atoms with Crippen molar-refractivity contribution in [2.45, 2.75) is 31.7 Å². The van der Waals surface area contributed by atoms with Crippen LogP contribution in [0, 0.1) is 6.92 Å². The summed E-state index contributed by atoms with van der Waals surface area (Å²) in [4.78, 5) is 1.99. The van der Waals surface area contributed by atoms with Gasteiger partial charge < -0.3 is 10.6 Å². The van der Waals surface area contributed by atoms with Gasteiger partial charge in [0.05, 0.1) is 5.69 Å². The molecule has 0 radical (unpaired) electrons. The lowest BCUT2D eigenvalue weighted by Gasteiger charge is -2.36. The quantitative estimate of drug-likeness (QED) is 0.867. The third-order valence-corrected chi connectivity index (χ3v) is 6.33. The summed E-state index contributed by atoms with van der Waals surface area (Å²) in [5.41, 5.74) is 7.93. The van der Waals surface area contributed by atoms with Crippen molar-refractivity contribution in [1.29, 1.82) is 0 Å². The van der Waals surface area contributed by atoms with E-state index in [-0.39, 0.29) is 6.04 Å². The predicted octanol–water partition coefficient (Wildman–Crippen LogP) is 0.542. The molecule has 2 atom stereocenters. The number of thioether (sulfide) groups is 1. The van der Waals surface area contributed by atoms with Crippen LogP contribution in [0.25, 0.3) is 0 Å². The molecule has 0 aromatic carbocycles. The molecule has 1 aromatic rings. The fourth-order valence-corrected chi connectivity index (χ4v) is 5.61. The molecule has 0 amide bonds. The van der Waals surface area contributed by atoms with Crippen molar-refractivity contribution < 1.29 is 8.42 Å². The number of aromatic nitrogens is 2. The number of nitrogens with zero attached hydrogens (tertiary/aromatic N) is 3. The second-order valence-electron chi connectivity index (χ2n) is 5.75. The molecule has 1 saturated heterocycles. The minimum absolute atomic E-state index is 0.0162. The molecule has 120 valence electrons. The maximum atomic E-state index is 12.1.